The molecular formula is C14H17N3O2. The van der Waals surface area contributed by atoms with E-state index < -0.39 is 0 Å². The van der Waals surface area contributed by atoms with Gasteiger partial charge in [-0.2, -0.15) is 5.10 Å². The van der Waals surface area contributed by atoms with Crippen LogP contribution in [-0.4, -0.2) is 15.7 Å². The Hall–Kier alpha value is -2.30. The number of rotatable bonds is 3. The second-order valence-electron chi connectivity index (χ2n) is 4.55. The van der Waals surface area contributed by atoms with Gasteiger partial charge in [0.2, 0.25) is 0 Å². The van der Waals surface area contributed by atoms with Crippen LogP contribution in [-0.2, 0) is 18.4 Å². The fourth-order valence-electron chi connectivity index (χ4n) is 1.82. The molecule has 0 amide bonds. The van der Waals surface area contributed by atoms with E-state index in [1.807, 2.05) is 27.0 Å². The number of carbonyl (C=O) groups is 1. The van der Waals surface area contributed by atoms with Gasteiger partial charge in [0.15, 0.2) is 0 Å². The summed E-state index contributed by atoms with van der Waals surface area (Å²) in [4.78, 5) is 11.9. The van der Waals surface area contributed by atoms with E-state index in [-0.39, 0.29) is 12.6 Å². The summed E-state index contributed by atoms with van der Waals surface area (Å²) in [5.74, 6) is -0.359. The van der Waals surface area contributed by atoms with Crippen molar-refractivity contribution in [3.63, 3.8) is 0 Å². The summed E-state index contributed by atoms with van der Waals surface area (Å²) in [5.41, 5.74) is 9.51. The first-order valence-electron chi connectivity index (χ1n) is 6.00. The topological polar surface area (TPSA) is 70.1 Å². The Morgan fingerprint density at radius 3 is 2.68 bits per heavy atom. The molecule has 0 spiro atoms. The van der Waals surface area contributed by atoms with E-state index in [1.54, 1.807) is 22.9 Å². The number of carbonyl (C=O) groups excluding carboxylic acids is 1. The molecule has 0 bridgehead atoms. The highest BCUT2D eigenvalue weighted by Gasteiger charge is 2.10. The molecule has 0 unspecified atom stereocenters. The van der Waals surface area contributed by atoms with Crippen LogP contribution in [0.2, 0.25) is 0 Å². The monoisotopic (exact) mass is 259 g/mol. The van der Waals surface area contributed by atoms with Crippen molar-refractivity contribution >= 4 is 11.7 Å². The molecule has 0 atom stereocenters. The Morgan fingerprint density at radius 2 is 2.11 bits per heavy atom. The highest BCUT2D eigenvalue weighted by Crippen LogP contribution is 2.14. The van der Waals surface area contributed by atoms with Gasteiger partial charge in [-0.05, 0) is 43.7 Å². The van der Waals surface area contributed by atoms with E-state index in [0.717, 1.165) is 17.0 Å². The molecule has 1 aromatic heterocycles. The zero-order chi connectivity index (χ0) is 14.0. The van der Waals surface area contributed by atoms with Gasteiger partial charge in [0, 0.05) is 12.7 Å². The first kappa shape index (κ1) is 13.1. The molecule has 5 nitrogen and oxygen atoms in total. The number of nitrogens with zero attached hydrogens (tertiary/aromatic N) is 2. The number of esters is 1. The summed E-state index contributed by atoms with van der Waals surface area (Å²) < 4.78 is 6.97. The fraction of sp³-hybridized carbons (Fsp3) is 0.286. The van der Waals surface area contributed by atoms with Crippen molar-refractivity contribution in [2.24, 2.45) is 7.05 Å². The second-order valence-corrected chi connectivity index (χ2v) is 4.55. The van der Waals surface area contributed by atoms with Crippen LogP contribution in [0.5, 0.6) is 0 Å². The number of nitrogen functional groups attached to an aromatic ring is 1. The third kappa shape index (κ3) is 2.93. The van der Waals surface area contributed by atoms with E-state index in [2.05, 4.69) is 5.10 Å². The highest BCUT2D eigenvalue weighted by atomic mass is 16.5. The lowest BCUT2D eigenvalue weighted by Crippen LogP contribution is -2.08. The maximum atomic E-state index is 11.9. The zero-order valence-electron chi connectivity index (χ0n) is 11.3. The third-order valence-electron chi connectivity index (χ3n) is 2.96. The normalized spacial score (nSPS) is 10.5. The van der Waals surface area contributed by atoms with E-state index >= 15 is 0 Å². The van der Waals surface area contributed by atoms with Gasteiger partial charge in [0.1, 0.15) is 6.61 Å². The molecule has 0 fully saturated rings. The Balaban J connectivity index is 2.05. The standard InChI is InChI=1S/C14H17N3O2/c1-9-6-11(4-5-13(9)15)14(18)19-8-12-7-10(2)16-17(12)3/h4-7H,8,15H2,1-3H3. The average molecular weight is 259 g/mol. The predicted molar refractivity (Wildman–Crippen MR) is 72.7 cm³/mol. The second kappa shape index (κ2) is 5.14. The van der Waals surface area contributed by atoms with Gasteiger partial charge in [-0.15, -0.1) is 0 Å². The lowest BCUT2D eigenvalue weighted by Gasteiger charge is -2.06. The minimum absolute atomic E-state index is 0.208. The molecular weight excluding hydrogens is 242 g/mol. The van der Waals surface area contributed by atoms with Crippen molar-refractivity contribution in [3.8, 4) is 0 Å². The molecule has 0 saturated heterocycles. The van der Waals surface area contributed by atoms with Crippen molar-refractivity contribution in [2.75, 3.05) is 5.73 Å². The van der Waals surface area contributed by atoms with Crippen molar-refractivity contribution in [1.82, 2.24) is 9.78 Å². The van der Waals surface area contributed by atoms with Gasteiger partial charge < -0.3 is 10.5 Å². The van der Waals surface area contributed by atoms with Crippen LogP contribution < -0.4 is 5.73 Å². The molecule has 0 aliphatic rings. The summed E-state index contributed by atoms with van der Waals surface area (Å²) in [6, 6.07) is 6.99. The van der Waals surface area contributed by atoms with Crippen molar-refractivity contribution < 1.29 is 9.53 Å². The molecule has 100 valence electrons. The van der Waals surface area contributed by atoms with E-state index in [0.29, 0.717) is 11.3 Å². The van der Waals surface area contributed by atoms with Crippen LogP contribution in [0.4, 0.5) is 5.69 Å². The number of hydrogen-bond acceptors (Lipinski definition) is 4. The number of nitrogens with two attached hydrogens (primary N) is 1. The van der Waals surface area contributed by atoms with Crippen LogP contribution in [0.3, 0.4) is 0 Å². The molecule has 0 radical (unpaired) electrons. The van der Waals surface area contributed by atoms with E-state index in [4.69, 9.17) is 10.5 Å². The molecule has 0 saturated carbocycles. The minimum atomic E-state index is -0.359. The van der Waals surface area contributed by atoms with Crippen molar-refractivity contribution in [1.29, 1.82) is 0 Å². The molecule has 1 aromatic carbocycles. The average Bonchev–Trinajstić information content (AvgIpc) is 2.68. The van der Waals surface area contributed by atoms with Crippen molar-refractivity contribution in [2.45, 2.75) is 20.5 Å². The quantitative estimate of drug-likeness (QED) is 0.676. The van der Waals surface area contributed by atoms with Crippen molar-refractivity contribution in [3.05, 3.63) is 46.8 Å². The molecule has 2 rings (SSSR count). The number of ether oxygens (including phenoxy) is 1. The zero-order valence-corrected chi connectivity index (χ0v) is 11.3. The Bertz CT molecular complexity index is 617. The fourth-order valence-corrected chi connectivity index (χ4v) is 1.82. The van der Waals surface area contributed by atoms with Crippen LogP contribution >= 0.6 is 0 Å². The largest absolute Gasteiger partial charge is 0.456 e. The number of aryl methyl sites for hydroxylation is 3. The molecule has 2 N–H and O–H groups in total. The van der Waals surface area contributed by atoms with Crippen LogP contribution in [0.25, 0.3) is 0 Å². The molecule has 0 aliphatic heterocycles. The third-order valence-corrected chi connectivity index (χ3v) is 2.96. The first-order chi connectivity index (χ1) is 8.97. The first-order valence-corrected chi connectivity index (χ1v) is 6.00. The number of anilines is 1. The minimum Gasteiger partial charge on any atom is -0.456 e. The van der Waals surface area contributed by atoms with Crippen LogP contribution in [0, 0.1) is 13.8 Å². The lowest BCUT2D eigenvalue weighted by atomic mass is 10.1. The number of benzene rings is 1. The molecule has 0 aliphatic carbocycles. The summed E-state index contributed by atoms with van der Waals surface area (Å²) in [7, 11) is 1.82. The van der Waals surface area contributed by atoms with Gasteiger partial charge in [0.25, 0.3) is 0 Å². The Morgan fingerprint density at radius 1 is 1.37 bits per heavy atom. The van der Waals surface area contributed by atoms with Gasteiger partial charge in [-0.25, -0.2) is 4.79 Å². The summed E-state index contributed by atoms with van der Waals surface area (Å²) in [6.45, 7) is 3.96. The molecule has 1 heterocycles. The summed E-state index contributed by atoms with van der Waals surface area (Å²) in [5, 5.41) is 4.20. The predicted octanol–water partition coefficient (Wildman–Crippen LogP) is 1.98. The van der Waals surface area contributed by atoms with E-state index in [9.17, 15) is 4.79 Å². The SMILES string of the molecule is Cc1cc(COC(=O)c2ccc(N)c(C)c2)n(C)n1. The highest BCUT2D eigenvalue weighted by molar-refractivity contribution is 5.90. The number of aromatic nitrogens is 2. The van der Waals surface area contributed by atoms with Crippen LogP contribution in [0.1, 0.15) is 27.3 Å². The number of hydrogen-bond donors (Lipinski definition) is 1. The Labute approximate surface area is 112 Å². The molecule has 19 heavy (non-hydrogen) atoms. The van der Waals surface area contributed by atoms with Gasteiger partial charge in [-0.1, -0.05) is 0 Å². The molecule has 5 heteroatoms. The summed E-state index contributed by atoms with van der Waals surface area (Å²) in [6.07, 6.45) is 0. The maximum Gasteiger partial charge on any atom is 0.338 e. The van der Waals surface area contributed by atoms with E-state index in [1.165, 1.54) is 0 Å². The summed E-state index contributed by atoms with van der Waals surface area (Å²) >= 11 is 0. The maximum absolute atomic E-state index is 11.9. The lowest BCUT2D eigenvalue weighted by molar-refractivity contribution is 0.0463. The van der Waals surface area contributed by atoms with Gasteiger partial charge >= 0.3 is 5.97 Å². The molecule has 2 aromatic rings. The van der Waals surface area contributed by atoms with Crippen LogP contribution in [0.15, 0.2) is 24.3 Å². The smallest absolute Gasteiger partial charge is 0.338 e. The van der Waals surface area contributed by atoms with Gasteiger partial charge in [-0.3, -0.25) is 4.68 Å². The Kier molecular flexibility index (Phi) is 3.55. The van der Waals surface area contributed by atoms with Gasteiger partial charge in [0.05, 0.1) is 17.0 Å².